The van der Waals surface area contributed by atoms with Gasteiger partial charge in [0, 0.05) is 44.8 Å². The second-order valence-electron chi connectivity index (χ2n) is 7.52. The number of anilines is 1. The van der Waals surface area contributed by atoms with Crippen LogP contribution >= 0.6 is 0 Å². The lowest BCUT2D eigenvalue weighted by Crippen LogP contribution is -2.53. The number of nitrogens with one attached hydrogen (secondary N) is 1. The summed E-state index contributed by atoms with van der Waals surface area (Å²) in [6.45, 7) is 2.68. The van der Waals surface area contributed by atoms with Crippen molar-refractivity contribution in [3.8, 4) is 5.75 Å². The van der Waals surface area contributed by atoms with E-state index in [1.54, 1.807) is 23.1 Å². The minimum atomic E-state index is -0.388. The zero-order chi connectivity index (χ0) is 19.7. The number of piperidine rings is 1. The van der Waals surface area contributed by atoms with Crippen LogP contribution in [-0.4, -0.2) is 40.4 Å². The summed E-state index contributed by atoms with van der Waals surface area (Å²) in [5, 5.41) is 3.05. The van der Waals surface area contributed by atoms with Crippen molar-refractivity contribution in [1.82, 2.24) is 15.2 Å². The molecule has 4 rings (SSSR count). The zero-order valence-electron chi connectivity index (χ0n) is 15.9. The number of hydrogen-bond donors (Lipinski definition) is 2. The minimum absolute atomic E-state index is 0.0581. The van der Waals surface area contributed by atoms with E-state index in [9.17, 15) is 9.59 Å². The highest BCUT2D eigenvalue weighted by molar-refractivity contribution is 5.92. The molecule has 0 bridgehead atoms. The normalized spacial score (nSPS) is 20.2. The van der Waals surface area contributed by atoms with Crippen LogP contribution in [0.1, 0.15) is 48.3 Å². The van der Waals surface area contributed by atoms with Crippen LogP contribution in [0.5, 0.6) is 5.75 Å². The molecular formula is C21H24N4O3. The van der Waals surface area contributed by atoms with Gasteiger partial charge in [0.2, 0.25) is 5.91 Å². The van der Waals surface area contributed by atoms with Crippen molar-refractivity contribution in [3.05, 3.63) is 53.7 Å². The Balaban J connectivity index is 1.50. The summed E-state index contributed by atoms with van der Waals surface area (Å²) in [6, 6.07) is 12.8. The summed E-state index contributed by atoms with van der Waals surface area (Å²) in [5.74, 6) is 0.975. The predicted molar refractivity (Wildman–Crippen MR) is 105 cm³/mol. The van der Waals surface area contributed by atoms with Crippen LogP contribution in [-0.2, 0) is 4.79 Å². The molecule has 3 N–H and O–H groups in total. The molecular weight excluding hydrogens is 356 g/mol. The molecule has 2 aliphatic heterocycles. The van der Waals surface area contributed by atoms with Gasteiger partial charge in [0.15, 0.2) is 0 Å². The summed E-state index contributed by atoms with van der Waals surface area (Å²) in [6.07, 6.45) is 2.10. The van der Waals surface area contributed by atoms with Gasteiger partial charge < -0.3 is 20.7 Å². The molecule has 146 valence electrons. The number of nitrogen functional groups attached to an aromatic ring is 1. The van der Waals surface area contributed by atoms with Gasteiger partial charge in [-0.3, -0.25) is 9.59 Å². The number of likely N-dealkylation sites (tertiary alicyclic amines) is 1. The number of carbonyl (C=O) groups excluding carboxylic acids is 2. The number of nitrogens with two attached hydrogens (primary N) is 1. The summed E-state index contributed by atoms with van der Waals surface area (Å²) in [4.78, 5) is 30.4. The van der Waals surface area contributed by atoms with E-state index in [2.05, 4.69) is 10.3 Å². The second-order valence-corrected chi connectivity index (χ2v) is 7.52. The molecule has 2 aliphatic rings. The van der Waals surface area contributed by atoms with E-state index < -0.39 is 0 Å². The third-order valence-electron chi connectivity index (χ3n) is 5.53. The molecule has 1 fully saturated rings. The van der Waals surface area contributed by atoms with Gasteiger partial charge in [-0.05, 0) is 18.2 Å². The maximum atomic E-state index is 12.7. The Hall–Kier alpha value is -3.09. The third kappa shape index (κ3) is 3.52. The fourth-order valence-corrected chi connectivity index (χ4v) is 4.15. The average molecular weight is 380 g/mol. The molecule has 1 unspecified atom stereocenters. The molecule has 1 saturated heterocycles. The molecule has 28 heavy (non-hydrogen) atoms. The highest BCUT2D eigenvalue weighted by Crippen LogP contribution is 2.44. The molecule has 1 aromatic carbocycles. The minimum Gasteiger partial charge on any atom is -0.487 e. The topological polar surface area (TPSA) is 97.6 Å². The second kappa shape index (κ2) is 7.14. The Morgan fingerprint density at radius 2 is 1.93 bits per heavy atom. The molecule has 0 radical (unpaired) electrons. The Morgan fingerprint density at radius 3 is 2.64 bits per heavy atom. The predicted octanol–water partition coefficient (Wildman–Crippen LogP) is 2.30. The fraction of sp³-hybridized carbons (Fsp3) is 0.381. The van der Waals surface area contributed by atoms with E-state index >= 15 is 0 Å². The molecule has 1 aromatic heterocycles. The standard InChI is InChI=1S/C21H24N4O3/c1-14(26)23-17-13-21(28-18-7-3-2-5-15(17)18)9-11-25(12-10-21)20(27)16-6-4-8-19(22)24-16/h2-8,17H,9-13H2,1H3,(H2,22,24)(H,23,26). The Kier molecular flexibility index (Phi) is 4.66. The van der Waals surface area contributed by atoms with Crippen molar-refractivity contribution in [2.24, 2.45) is 0 Å². The van der Waals surface area contributed by atoms with Crippen molar-refractivity contribution >= 4 is 17.6 Å². The van der Waals surface area contributed by atoms with Crippen LogP contribution in [0.15, 0.2) is 42.5 Å². The van der Waals surface area contributed by atoms with Crippen molar-refractivity contribution < 1.29 is 14.3 Å². The van der Waals surface area contributed by atoms with Gasteiger partial charge in [0.05, 0.1) is 6.04 Å². The first-order valence-corrected chi connectivity index (χ1v) is 9.53. The van der Waals surface area contributed by atoms with Crippen LogP contribution < -0.4 is 15.8 Å². The lowest BCUT2D eigenvalue weighted by atomic mass is 9.80. The van der Waals surface area contributed by atoms with E-state index in [1.807, 2.05) is 24.3 Å². The Bertz CT molecular complexity index is 906. The first-order chi connectivity index (χ1) is 13.5. The highest BCUT2D eigenvalue weighted by atomic mass is 16.5. The lowest BCUT2D eigenvalue weighted by molar-refractivity contribution is -0.120. The molecule has 7 heteroatoms. The van der Waals surface area contributed by atoms with Gasteiger partial charge >= 0.3 is 0 Å². The number of rotatable bonds is 2. The first-order valence-electron chi connectivity index (χ1n) is 9.53. The van der Waals surface area contributed by atoms with Gasteiger partial charge in [-0.1, -0.05) is 24.3 Å². The summed E-state index contributed by atoms with van der Waals surface area (Å²) >= 11 is 0. The number of nitrogens with zero attached hydrogens (tertiary/aromatic N) is 2. The van der Waals surface area contributed by atoms with Crippen LogP contribution in [0.25, 0.3) is 0 Å². The lowest BCUT2D eigenvalue weighted by Gasteiger charge is -2.46. The molecule has 3 heterocycles. The van der Waals surface area contributed by atoms with E-state index in [4.69, 9.17) is 10.5 Å². The number of amides is 2. The van der Waals surface area contributed by atoms with Crippen molar-refractivity contribution in [1.29, 1.82) is 0 Å². The smallest absolute Gasteiger partial charge is 0.272 e. The number of benzene rings is 1. The molecule has 1 spiro atoms. The summed E-state index contributed by atoms with van der Waals surface area (Å²) in [7, 11) is 0. The van der Waals surface area contributed by atoms with E-state index in [1.165, 1.54) is 6.92 Å². The number of aromatic nitrogens is 1. The molecule has 0 saturated carbocycles. The zero-order valence-corrected chi connectivity index (χ0v) is 15.9. The highest BCUT2D eigenvalue weighted by Gasteiger charge is 2.44. The van der Waals surface area contributed by atoms with Gasteiger partial charge in [-0.25, -0.2) is 4.98 Å². The number of ether oxygens (including phenoxy) is 1. The van der Waals surface area contributed by atoms with Crippen LogP contribution in [0.4, 0.5) is 5.82 Å². The summed E-state index contributed by atoms with van der Waals surface area (Å²) in [5.41, 5.74) is 6.68. The number of para-hydroxylation sites is 1. The monoisotopic (exact) mass is 380 g/mol. The fourth-order valence-electron chi connectivity index (χ4n) is 4.15. The third-order valence-corrected chi connectivity index (χ3v) is 5.53. The molecule has 1 atom stereocenters. The van der Waals surface area contributed by atoms with E-state index in [0.29, 0.717) is 43.9 Å². The van der Waals surface area contributed by atoms with Crippen molar-refractivity contribution in [3.63, 3.8) is 0 Å². The largest absolute Gasteiger partial charge is 0.487 e. The molecule has 0 aliphatic carbocycles. The molecule has 2 amide bonds. The number of hydrogen-bond acceptors (Lipinski definition) is 5. The summed E-state index contributed by atoms with van der Waals surface area (Å²) < 4.78 is 6.40. The average Bonchev–Trinajstić information content (AvgIpc) is 2.67. The van der Waals surface area contributed by atoms with Crippen molar-refractivity contribution in [2.75, 3.05) is 18.8 Å². The quantitative estimate of drug-likeness (QED) is 0.833. The SMILES string of the molecule is CC(=O)NC1CC2(CCN(C(=O)c3cccc(N)n3)CC2)Oc2ccccc21. The number of pyridine rings is 1. The van der Waals surface area contributed by atoms with Crippen LogP contribution in [0, 0.1) is 0 Å². The van der Waals surface area contributed by atoms with Crippen LogP contribution in [0.3, 0.4) is 0 Å². The van der Waals surface area contributed by atoms with E-state index in [0.717, 1.165) is 11.3 Å². The maximum absolute atomic E-state index is 12.7. The number of fused-ring (bicyclic) bond motifs is 1. The Morgan fingerprint density at radius 1 is 1.18 bits per heavy atom. The maximum Gasteiger partial charge on any atom is 0.272 e. The van der Waals surface area contributed by atoms with Gasteiger partial charge in [0.25, 0.3) is 5.91 Å². The van der Waals surface area contributed by atoms with Gasteiger partial charge in [-0.15, -0.1) is 0 Å². The van der Waals surface area contributed by atoms with Crippen LogP contribution in [0.2, 0.25) is 0 Å². The number of carbonyl (C=O) groups is 2. The Labute approximate surface area is 163 Å². The van der Waals surface area contributed by atoms with E-state index in [-0.39, 0.29) is 23.5 Å². The molecule has 7 nitrogen and oxygen atoms in total. The van der Waals surface area contributed by atoms with Gasteiger partial charge in [0.1, 0.15) is 22.9 Å². The first kappa shape index (κ1) is 18.3. The molecule has 2 aromatic rings. The van der Waals surface area contributed by atoms with Gasteiger partial charge in [-0.2, -0.15) is 0 Å². The van der Waals surface area contributed by atoms with Crippen molar-refractivity contribution in [2.45, 2.75) is 37.8 Å².